The standard InChI is InChI=1S/C16H18ClNO3/c1-10-8-12(5-6-13(10)19)18-9-11-4-7-14(20-2)16(21-3)15(11)17/h4-8,18-19H,9H2,1-3H3. The molecule has 21 heavy (non-hydrogen) atoms. The lowest BCUT2D eigenvalue weighted by Crippen LogP contribution is -2.02. The lowest BCUT2D eigenvalue weighted by atomic mass is 10.1. The molecule has 0 saturated carbocycles. The zero-order valence-corrected chi connectivity index (χ0v) is 13.0. The summed E-state index contributed by atoms with van der Waals surface area (Å²) in [5.74, 6) is 1.41. The third-order valence-electron chi connectivity index (χ3n) is 3.24. The quantitative estimate of drug-likeness (QED) is 0.820. The molecule has 2 aromatic rings. The van der Waals surface area contributed by atoms with Crippen LogP contribution in [0.2, 0.25) is 5.02 Å². The molecular weight excluding hydrogens is 290 g/mol. The van der Waals surface area contributed by atoms with Gasteiger partial charge in [0, 0.05) is 12.2 Å². The number of phenols is 1. The first-order chi connectivity index (χ1) is 10.1. The van der Waals surface area contributed by atoms with Crippen LogP contribution in [0.1, 0.15) is 11.1 Å². The Hall–Kier alpha value is -2.07. The highest BCUT2D eigenvalue weighted by atomic mass is 35.5. The highest BCUT2D eigenvalue weighted by molar-refractivity contribution is 6.33. The van der Waals surface area contributed by atoms with Crippen molar-refractivity contribution in [3.8, 4) is 17.2 Å². The molecule has 0 bridgehead atoms. The molecule has 0 aliphatic heterocycles. The molecule has 0 aromatic heterocycles. The first-order valence-corrected chi connectivity index (χ1v) is 6.87. The van der Waals surface area contributed by atoms with Crippen LogP contribution in [0.15, 0.2) is 30.3 Å². The fourth-order valence-corrected chi connectivity index (χ4v) is 2.33. The number of benzene rings is 2. The molecule has 112 valence electrons. The van der Waals surface area contributed by atoms with Gasteiger partial charge in [-0.25, -0.2) is 0 Å². The van der Waals surface area contributed by atoms with Crippen molar-refractivity contribution in [3.05, 3.63) is 46.5 Å². The summed E-state index contributed by atoms with van der Waals surface area (Å²) in [6.07, 6.45) is 0. The molecule has 5 heteroatoms. The van der Waals surface area contributed by atoms with Crippen LogP contribution in [-0.4, -0.2) is 19.3 Å². The molecule has 0 heterocycles. The molecule has 0 atom stereocenters. The van der Waals surface area contributed by atoms with E-state index >= 15 is 0 Å². The van der Waals surface area contributed by atoms with E-state index in [-0.39, 0.29) is 5.75 Å². The van der Waals surface area contributed by atoms with Crippen molar-refractivity contribution in [2.45, 2.75) is 13.5 Å². The maximum absolute atomic E-state index is 9.52. The van der Waals surface area contributed by atoms with E-state index in [1.807, 2.05) is 31.2 Å². The Morgan fingerprint density at radius 1 is 1.14 bits per heavy atom. The van der Waals surface area contributed by atoms with E-state index in [4.69, 9.17) is 21.1 Å². The van der Waals surface area contributed by atoms with Gasteiger partial charge in [-0.1, -0.05) is 17.7 Å². The van der Waals surface area contributed by atoms with Crippen LogP contribution < -0.4 is 14.8 Å². The van der Waals surface area contributed by atoms with Crippen molar-refractivity contribution in [3.63, 3.8) is 0 Å². The number of phenolic OH excluding ortho intramolecular Hbond substituents is 1. The number of ether oxygens (including phenoxy) is 2. The number of nitrogens with one attached hydrogen (secondary N) is 1. The topological polar surface area (TPSA) is 50.7 Å². The number of anilines is 1. The minimum Gasteiger partial charge on any atom is -0.508 e. The number of hydrogen-bond acceptors (Lipinski definition) is 4. The van der Waals surface area contributed by atoms with Crippen LogP contribution in [0.4, 0.5) is 5.69 Å². The third kappa shape index (κ3) is 3.34. The Morgan fingerprint density at radius 3 is 2.52 bits per heavy atom. The molecule has 0 unspecified atom stereocenters. The second-order valence-corrected chi connectivity index (χ2v) is 5.01. The van der Waals surface area contributed by atoms with Gasteiger partial charge in [-0.2, -0.15) is 0 Å². The van der Waals surface area contributed by atoms with Crippen LogP contribution in [0, 0.1) is 6.92 Å². The first kappa shape index (κ1) is 15.3. The lowest BCUT2D eigenvalue weighted by molar-refractivity contribution is 0.355. The SMILES string of the molecule is COc1ccc(CNc2ccc(O)c(C)c2)c(Cl)c1OC. The Morgan fingerprint density at radius 2 is 1.90 bits per heavy atom. The van der Waals surface area contributed by atoms with E-state index in [1.165, 1.54) is 0 Å². The van der Waals surface area contributed by atoms with Crippen molar-refractivity contribution in [2.75, 3.05) is 19.5 Å². The average molecular weight is 308 g/mol. The van der Waals surface area contributed by atoms with Gasteiger partial charge in [0.15, 0.2) is 11.5 Å². The molecule has 2 rings (SSSR count). The number of rotatable bonds is 5. The van der Waals surface area contributed by atoms with Crippen molar-refractivity contribution in [2.24, 2.45) is 0 Å². The Labute approximate surface area is 129 Å². The van der Waals surface area contributed by atoms with Gasteiger partial charge in [-0.15, -0.1) is 0 Å². The predicted molar refractivity (Wildman–Crippen MR) is 84.7 cm³/mol. The average Bonchev–Trinajstić information content (AvgIpc) is 2.49. The van der Waals surface area contributed by atoms with Crippen molar-refractivity contribution in [1.29, 1.82) is 0 Å². The molecule has 0 aliphatic carbocycles. The monoisotopic (exact) mass is 307 g/mol. The second-order valence-electron chi connectivity index (χ2n) is 4.63. The van der Waals surface area contributed by atoms with Crippen molar-refractivity contribution >= 4 is 17.3 Å². The minimum absolute atomic E-state index is 0.282. The van der Waals surface area contributed by atoms with Crippen LogP contribution in [-0.2, 0) is 6.54 Å². The highest BCUT2D eigenvalue weighted by Gasteiger charge is 2.12. The Bertz CT molecular complexity index is 644. The van der Waals surface area contributed by atoms with Crippen molar-refractivity contribution < 1.29 is 14.6 Å². The van der Waals surface area contributed by atoms with Gasteiger partial charge < -0.3 is 19.9 Å². The summed E-state index contributed by atoms with van der Waals surface area (Å²) >= 11 is 6.33. The molecule has 0 fully saturated rings. The molecule has 2 aromatic carbocycles. The first-order valence-electron chi connectivity index (χ1n) is 6.49. The molecule has 4 nitrogen and oxygen atoms in total. The van der Waals surface area contributed by atoms with Crippen LogP contribution in [0.5, 0.6) is 17.2 Å². The third-order valence-corrected chi connectivity index (χ3v) is 3.66. The normalized spacial score (nSPS) is 10.3. The maximum atomic E-state index is 9.52. The van der Waals surface area contributed by atoms with E-state index < -0.39 is 0 Å². The number of aryl methyl sites for hydroxylation is 1. The van der Waals surface area contributed by atoms with Crippen LogP contribution >= 0.6 is 11.6 Å². The van der Waals surface area contributed by atoms with Crippen molar-refractivity contribution in [1.82, 2.24) is 0 Å². The van der Waals surface area contributed by atoms with E-state index in [0.29, 0.717) is 23.1 Å². The fourth-order valence-electron chi connectivity index (χ4n) is 2.03. The summed E-state index contributed by atoms with van der Waals surface area (Å²) in [5, 5.41) is 13.3. The zero-order chi connectivity index (χ0) is 15.4. The summed E-state index contributed by atoms with van der Waals surface area (Å²) in [4.78, 5) is 0. The second kappa shape index (κ2) is 6.59. The molecule has 0 aliphatic rings. The van der Waals surface area contributed by atoms with Gasteiger partial charge in [0.05, 0.1) is 19.2 Å². The van der Waals surface area contributed by atoms with Gasteiger partial charge in [0.2, 0.25) is 0 Å². The maximum Gasteiger partial charge on any atom is 0.179 e. The molecule has 0 radical (unpaired) electrons. The van der Waals surface area contributed by atoms with E-state index in [1.54, 1.807) is 20.3 Å². The summed E-state index contributed by atoms with van der Waals surface area (Å²) in [7, 11) is 3.13. The number of aromatic hydroxyl groups is 1. The number of hydrogen-bond donors (Lipinski definition) is 2. The molecule has 2 N–H and O–H groups in total. The Balaban J connectivity index is 2.18. The van der Waals surface area contributed by atoms with E-state index in [9.17, 15) is 5.11 Å². The van der Waals surface area contributed by atoms with Gasteiger partial charge in [-0.05, 0) is 42.3 Å². The lowest BCUT2D eigenvalue weighted by Gasteiger charge is -2.14. The highest BCUT2D eigenvalue weighted by Crippen LogP contribution is 2.37. The van der Waals surface area contributed by atoms with E-state index in [2.05, 4.69) is 5.32 Å². The fraction of sp³-hybridized carbons (Fsp3) is 0.250. The Kier molecular flexibility index (Phi) is 4.81. The van der Waals surface area contributed by atoms with Gasteiger partial charge in [-0.3, -0.25) is 0 Å². The van der Waals surface area contributed by atoms with Gasteiger partial charge in [0.1, 0.15) is 5.75 Å². The summed E-state index contributed by atoms with van der Waals surface area (Å²) in [6.45, 7) is 2.40. The smallest absolute Gasteiger partial charge is 0.179 e. The summed E-state index contributed by atoms with van der Waals surface area (Å²) in [6, 6.07) is 9.07. The van der Waals surface area contributed by atoms with Gasteiger partial charge in [0.25, 0.3) is 0 Å². The predicted octanol–water partition coefficient (Wildman–Crippen LogP) is 3.98. The summed E-state index contributed by atoms with van der Waals surface area (Å²) in [5.41, 5.74) is 2.63. The van der Waals surface area contributed by atoms with E-state index in [0.717, 1.165) is 16.8 Å². The number of halogens is 1. The summed E-state index contributed by atoms with van der Waals surface area (Å²) < 4.78 is 10.5. The molecular formula is C16H18ClNO3. The molecule has 0 saturated heterocycles. The van der Waals surface area contributed by atoms with Crippen LogP contribution in [0.25, 0.3) is 0 Å². The minimum atomic E-state index is 0.282. The molecule has 0 amide bonds. The van der Waals surface area contributed by atoms with Gasteiger partial charge >= 0.3 is 0 Å². The van der Waals surface area contributed by atoms with Crippen LogP contribution in [0.3, 0.4) is 0 Å². The largest absolute Gasteiger partial charge is 0.508 e. The zero-order valence-electron chi connectivity index (χ0n) is 12.2. The number of methoxy groups -OCH3 is 2. The molecule has 0 spiro atoms.